The predicted octanol–water partition coefficient (Wildman–Crippen LogP) is 4.36. The number of nitrogens with zero attached hydrogens (tertiary/aromatic N) is 5. The monoisotopic (exact) mass is 445 g/mol. The van der Waals surface area contributed by atoms with Gasteiger partial charge in [-0.1, -0.05) is 46.7 Å². The summed E-state index contributed by atoms with van der Waals surface area (Å²) in [4.78, 5) is 23.8. The van der Waals surface area contributed by atoms with Crippen molar-refractivity contribution in [1.82, 2.24) is 24.5 Å². The molecule has 0 aliphatic heterocycles. The molecule has 1 aromatic carbocycles. The minimum absolute atomic E-state index is 0.171. The van der Waals surface area contributed by atoms with Gasteiger partial charge in [0.15, 0.2) is 0 Å². The molecule has 148 valence electrons. The molecule has 3 heterocycles. The van der Waals surface area contributed by atoms with Gasteiger partial charge in [-0.3, -0.25) is 14.7 Å². The van der Waals surface area contributed by atoms with Crippen LogP contribution in [0.5, 0.6) is 0 Å². The van der Waals surface area contributed by atoms with E-state index in [9.17, 15) is 4.79 Å². The van der Waals surface area contributed by atoms with E-state index < -0.39 is 0 Å². The van der Waals surface area contributed by atoms with Crippen LogP contribution in [0.3, 0.4) is 0 Å². The fourth-order valence-electron chi connectivity index (χ4n) is 3.00. The van der Waals surface area contributed by atoms with E-state index in [0.29, 0.717) is 40.3 Å². The molecule has 0 radical (unpaired) electrons. The van der Waals surface area contributed by atoms with E-state index in [2.05, 4.69) is 20.0 Å². The number of halogens is 2. The lowest BCUT2D eigenvalue weighted by Gasteiger charge is -2.21. The minimum atomic E-state index is -0.171. The van der Waals surface area contributed by atoms with E-state index in [1.807, 2.05) is 30.3 Å². The van der Waals surface area contributed by atoms with Gasteiger partial charge in [0.2, 0.25) is 4.96 Å². The third-order valence-corrected chi connectivity index (χ3v) is 5.91. The van der Waals surface area contributed by atoms with Crippen molar-refractivity contribution in [3.8, 4) is 0 Å². The van der Waals surface area contributed by atoms with Crippen LogP contribution in [0.2, 0.25) is 10.0 Å². The van der Waals surface area contributed by atoms with Crippen LogP contribution >= 0.6 is 34.5 Å². The first-order valence-electron chi connectivity index (χ1n) is 8.90. The van der Waals surface area contributed by atoms with Gasteiger partial charge in [0, 0.05) is 31.0 Å². The summed E-state index contributed by atoms with van der Waals surface area (Å²) in [6.45, 7) is 3.60. The molecule has 3 aromatic heterocycles. The molecule has 0 spiro atoms. The molecule has 0 unspecified atom stereocenters. The minimum Gasteiger partial charge on any atom is -0.287 e. The first-order valence-corrected chi connectivity index (χ1v) is 10.5. The first-order chi connectivity index (χ1) is 14.0. The zero-order valence-corrected chi connectivity index (χ0v) is 17.9. The average Bonchev–Trinajstić information content (AvgIpc) is 3.08. The topological polar surface area (TPSA) is 63.4 Å². The fourth-order valence-corrected chi connectivity index (χ4v) is 4.31. The van der Waals surface area contributed by atoms with E-state index in [1.165, 1.54) is 21.9 Å². The van der Waals surface area contributed by atoms with E-state index in [4.69, 9.17) is 23.2 Å². The Morgan fingerprint density at radius 1 is 1.07 bits per heavy atom. The van der Waals surface area contributed by atoms with E-state index in [0.717, 1.165) is 16.3 Å². The summed E-state index contributed by atoms with van der Waals surface area (Å²) in [5, 5.41) is 6.31. The molecule has 0 saturated heterocycles. The van der Waals surface area contributed by atoms with Crippen molar-refractivity contribution in [2.24, 2.45) is 0 Å². The highest BCUT2D eigenvalue weighted by Crippen LogP contribution is 2.24. The van der Waals surface area contributed by atoms with Crippen LogP contribution in [0.15, 0.2) is 53.5 Å². The Morgan fingerprint density at radius 2 is 1.93 bits per heavy atom. The van der Waals surface area contributed by atoms with Crippen molar-refractivity contribution in [2.45, 2.75) is 26.6 Å². The summed E-state index contributed by atoms with van der Waals surface area (Å²) in [5.74, 6) is 0. The zero-order chi connectivity index (χ0) is 20.4. The molecular formula is C20H17Cl2N5OS. The molecular weight excluding hydrogens is 429 g/mol. The number of hydrogen-bond acceptors (Lipinski definition) is 6. The number of pyridine rings is 1. The molecule has 0 aliphatic carbocycles. The summed E-state index contributed by atoms with van der Waals surface area (Å²) >= 11 is 13.6. The van der Waals surface area contributed by atoms with Crippen LogP contribution in [-0.4, -0.2) is 24.5 Å². The van der Waals surface area contributed by atoms with Gasteiger partial charge in [0.05, 0.1) is 22.3 Å². The van der Waals surface area contributed by atoms with Gasteiger partial charge in [-0.25, -0.2) is 4.98 Å². The molecule has 29 heavy (non-hydrogen) atoms. The van der Waals surface area contributed by atoms with Gasteiger partial charge in [-0.2, -0.15) is 9.61 Å². The largest absolute Gasteiger partial charge is 0.287 e. The van der Waals surface area contributed by atoms with Crippen molar-refractivity contribution < 1.29 is 0 Å². The fraction of sp³-hybridized carbons (Fsp3) is 0.200. The molecule has 0 fully saturated rings. The molecule has 0 N–H and O–H groups in total. The van der Waals surface area contributed by atoms with Crippen molar-refractivity contribution in [3.05, 3.63) is 91.0 Å². The number of rotatable bonds is 6. The number of benzene rings is 1. The van der Waals surface area contributed by atoms with Crippen LogP contribution < -0.4 is 5.56 Å². The maximum atomic E-state index is 12.2. The molecule has 0 saturated carbocycles. The Balaban J connectivity index is 1.63. The summed E-state index contributed by atoms with van der Waals surface area (Å²) in [6.07, 6.45) is 1.77. The van der Waals surface area contributed by atoms with E-state index in [1.54, 1.807) is 19.2 Å². The molecule has 6 nitrogen and oxygen atoms in total. The lowest BCUT2D eigenvalue weighted by atomic mass is 10.2. The lowest BCUT2D eigenvalue weighted by Crippen LogP contribution is -2.23. The third kappa shape index (κ3) is 4.82. The second-order valence-electron chi connectivity index (χ2n) is 6.64. The summed E-state index contributed by atoms with van der Waals surface area (Å²) < 4.78 is 1.35. The van der Waals surface area contributed by atoms with E-state index in [-0.39, 0.29) is 5.56 Å². The molecule has 0 atom stereocenters. The average molecular weight is 446 g/mol. The second kappa shape index (κ2) is 8.59. The standard InChI is InChI=1S/C20H17Cl2N5OS/c1-13-8-19(28)27-20(24-13)29-18(25-27)12-26(11-15-4-2-3-7-23-15)10-14-5-6-16(21)17(22)9-14/h2-9H,10-12H2,1H3. The second-order valence-corrected chi connectivity index (χ2v) is 8.50. The third-order valence-electron chi connectivity index (χ3n) is 4.28. The van der Waals surface area contributed by atoms with Gasteiger partial charge in [0.25, 0.3) is 5.56 Å². The Hall–Kier alpha value is -2.32. The lowest BCUT2D eigenvalue weighted by molar-refractivity contribution is 0.243. The van der Waals surface area contributed by atoms with Crippen LogP contribution in [0, 0.1) is 6.92 Å². The van der Waals surface area contributed by atoms with E-state index >= 15 is 0 Å². The molecule has 4 aromatic rings. The number of aryl methyl sites for hydroxylation is 1. The van der Waals surface area contributed by atoms with Crippen molar-refractivity contribution in [3.63, 3.8) is 0 Å². The molecule has 0 bridgehead atoms. The zero-order valence-electron chi connectivity index (χ0n) is 15.5. The quantitative estimate of drug-likeness (QED) is 0.440. The number of fused-ring (bicyclic) bond motifs is 1. The highest BCUT2D eigenvalue weighted by Gasteiger charge is 2.14. The van der Waals surface area contributed by atoms with Crippen molar-refractivity contribution in [2.75, 3.05) is 0 Å². The summed E-state index contributed by atoms with van der Waals surface area (Å²) in [7, 11) is 0. The Morgan fingerprint density at radius 3 is 2.69 bits per heavy atom. The Bertz CT molecular complexity index is 1210. The highest BCUT2D eigenvalue weighted by molar-refractivity contribution is 7.16. The van der Waals surface area contributed by atoms with Crippen LogP contribution in [-0.2, 0) is 19.6 Å². The van der Waals surface area contributed by atoms with Crippen LogP contribution in [0.1, 0.15) is 22.0 Å². The SMILES string of the molecule is Cc1cc(=O)n2nc(CN(Cc3ccc(Cl)c(Cl)c3)Cc3ccccn3)sc2n1. The number of hydrogen-bond donors (Lipinski definition) is 0. The van der Waals surface area contributed by atoms with Gasteiger partial charge in [-0.15, -0.1) is 0 Å². The molecule has 9 heteroatoms. The first kappa shape index (κ1) is 20.0. The smallest absolute Gasteiger partial charge is 0.275 e. The van der Waals surface area contributed by atoms with Gasteiger partial charge >= 0.3 is 0 Å². The van der Waals surface area contributed by atoms with Crippen LogP contribution in [0.4, 0.5) is 0 Å². The van der Waals surface area contributed by atoms with Gasteiger partial charge in [-0.05, 0) is 36.8 Å². The van der Waals surface area contributed by atoms with Gasteiger partial charge < -0.3 is 0 Å². The van der Waals surface area contributed by atoms with Crippen LogP contribution in [0.25, 0.3) is 4.96 Å². The van der Waals surface area contributed by atoms with Gasteiger partial charge in [0.1, 0.15) is 5.01 Å². The Labute approximate surface area is 181 Å². The summed E-state index contributed by atoms with van der Waals surface area (Å²) in [5.41, 5.74) is 2.49. The predicted molar refractivity (Wildman–Crippen MR) is 116 cm³/mol. The molecule has 0 aliphatic rings. The molecule has 4 rings (SSSR count). The molecule has 0 amide bonds. The Kier molecular flexibility index (Phi) is 5.91. The maximum Gasteiger partial charge on any atom is 0.275 e. The van der Waals surface area contributed by atoms with Crippen molar-refractivity contribution >= 4 is 39.5 Å². The summed E-state index contributed by atoms with van der Waals surface area (Å²) in [6, 6.07) is 12.9. The highest BCUT2D eigenvalue weighted by atomic mass is 35.5. The normalized spacial score (nSPS) is 11.4. The van der Waals surface area contributed by atoms with Crippen molar-refractivity contribution in [1.29, 1.82) is 0 Å². The maximum absolute atomic E-state index is 12.2. The number of aromatic nitrogens is 4.